The number of aromatic hydroxyl groups is 1. The van der Waals surface area contributed by atoms with Gasteiger partial charge in [-0.25, -0.2) is 0 Å². The molecule has 0 bridgehead atoms. The van der Waals surface area contributed by atoms with Crippen molar-refractivity contribution in [3.63, 3.8) is 0 Å². The number of benzene rings is 1. The van der Waals surface area contributed by atoms with Crippen molar-refractivity contribution < 1.29 is 5.11 Å². The van der Waals surface area contributed by atoms with Gasteiger partial charge in [-0.05, 0) is 47.5 Å². The van der Waals surface area contributed by atoms with Crippen molar-refractivity contribution in [2.75, 3.05) is 0 Å². The lowest BCUT2D eigenvalue weighted by atomic mass is 10.2. The Balaban J connectivity index is 1.95. The van der Waals surface area contributed by atoms with Crippen LogP contribution in [0.5, 0.6) is 5.75 Å². The molecule has 2 aliphatic carbocycles. The van der Waals surface area contributed by atoms with Crippen LogP contribution in [0.2, 0.25) is 0 Å². The number of phenols is 1. The Hall–Kier alpha value is -2.72. The monoisotopic (exact) mass is 244 g/mol. The van der Waals surface area contributed by atoms with Gasteiger partial charge in [-0.2, -0.15) is 0 Å². The van der Waals surface area contributed by atoms with Crippen LogP contribution in [0, 0.1) is 11.8 Å². The van der Waals surface area contributed by atoms with E-state index in [9.17, 15) is 5.11 Å². The predicted octanol–water partition coefficient (Wildman–Crippen LogP) is 3.90. The highest BCUT2D eigenvalue weighted by molar-refractivity contribution is 5.70. The zero-order chi connectivity index (χ0) is 13.1. The van der Waals surface area contributed by atoms with Crippen LogP contribution in [0.1, 0.15) is 11.1 Å². The Labute approximate surface area is 112 Å². The van der Waals surface area contributed by atoms with E-state index >= 15 is 0 Å². The molecule has 0 saturated heterocycles. The van der Waals surface area contributed by atoms with Crippen LogP contribution < -0.4 is 0 Å². The number of rotatable bonds is 0. The Morgan fingerprint density at radius 1 is 0.632 bits per heavy atom. The van der Waals surface area contributed by atoms with Gasteiger partial charge in [0.25, 0.3) is 0 Å². The molecule has 0 aliphatic heterocycles. The Morgan fingerprint density at radius 3 is 1.84 bits per heavy atom. The zero-order valence-electron chi connectivity index (χ0n) is 10.3. The van der Waals surface area contributed by atoms with E-state index in [2.05, 4.69) is 36.1 Å². The molecular weight excluding hydrogens is 232 g/mol. The molecule has 19 heavy (non-hydrogen) atoms. The predicted molar refractivity (Wildman–Crippen MR) is 77.2 cm³/mol. The van der Waals surface area contributed by atoms with E-state index in [0.29, 0.717) is 0 Å². The highest BCUT2D eigenvalue weighted by atomic mass is 16.3. The quantitative estimate of drug-likeness (QED) is 0.595. The smallest absolute Gasteiger partial charge is 0.115 e. The first kappa shape index (κ1) is 11.4. The van der Waals surface area contributed by atoms with Crippen LogP contribution in [0.4, 0.5) is 0 Å². The molecule has 0 saturated carbocycles. The van der Waals surface area contributed by atoms with Gasteiger partial charge >= 0.3 is 0 Å². The summed E-state index contributed by atoms with van der Waals surface area (Å²) >= 11 is 0. The van der Waals surface area contributed by atoms with Crippen molar-refractivity contribution in [3.8, 4) is 28.7 Å². The summed E-state index contributed by atoms with van der Waals surface area (Å²) in [6.45, 7) is 0. The summed E-state index contributed by atoms with van der Waals surface area (Å²) in [5.74, 6) is 6.51. The van der Waals surface area contributed by atoms with Gasteiger partial charge < -0.3 is 5.11 Å². The topological polar surface area (TPSA) is 20.2 Å². The van der Waals surface area contributed by atoms with Crippen LogP contribution in [0.15, 0.2) is 66.7 Å². The van der Waals surface area contributed by atoms with Gasteiger partial charge in [0.05, 0.1) is 0 Å². The fraction of sp³-hybridized carbons (Fsp3) is 0. The summed E-state index contributed by atoms with van der Waals surface area (Å²) in [7, 11) is 0. The average molecular weight is 244 g/mol. The second kappa shape index (κ2) is 4.88. The first-order valence-electron chi connectivity index (χ1n) is 6.11. The van der Waals surface area contributed by atoms with Crippen LogP contribution >= 0.6 is 0 Å². The van der Waals surface area contributed by atoms with Gasteiger partial charge in [0.15, 0.2) is 0 Å². The van der Waals surface area contributed by atoms with Crippen molar-refractivity contribution in [2.45, 2.75) is 0 Å². The van der Waals surface area contributed by atoms with Gasteiger partial charge in [0.1, 0.15) is 5.75 Å². The van der Waals surface area contributed by atoms with Gasteiger partial charge in [-0.3, -0.25) is 0 Å². The van der Waals surface area contributed by atoms with E-state index in [4.69, 9.17) is 0 Å². The minimum absolute atomic E-state index is 0.261. The average Bonchev–Trinajstić information content (AvgIpc) is 2.68. The summed E-state index contributed by atoms with van der Waals surface area (Å²) in [4.78, 5) is 0. The second-order valence-electron chi connectivity index (χ2n) is 4.36. The molecule has 3 rings (SSSR count). The van der Waals surface area contributed by atoms with E-state index in [0.717, 1.165) is 11.1 Å². The largest absolute Gasteiger partial charge is 0.508 e. The molecule has 0 fully saturated rings. The third-order valence-electron chi connectivity index (χ3n) is 2.95. The van der Waals surface area contributed by atoms with E-state index in [1.165, 1.54) is 11.1 Å². The molecule has 0 atom stereocenters. The summed E-state index contributed by atoms with van der Waals surface area (Å²) < 4.78 is 0. The molecule has 90 valence electrons. The van der Waals surface area contributed by atoms with Crippen molar-refractivity contribution in [2.24, 2.45) is 0 Å². The van der Waals surface area contributed by atoms with Crippen molar-refractivity contribution in [1.29, 1.82) is 0 Å². The highest BCUT2D eigenvalue weighted by Gasteiger charge is 2.02. The molecule has 0 aromatic heterocycles. The molecule has 0 spiro atoms. The molecule has 0 radical (unpaired) electrons. The Bertz CT molecular complexity index is 699. The van der Waals surface area contributed by atoms with E-state index in [1.807, 2.05) is 30.3 Å². The zero-order valence-corrected chi connectivity index (χ0v) is 10.3. The molecule has 1 heteroatoms. The molecule has 0 amide bonds. The molecule has 2 aliphatic rings. The highest BCUT2D eigenvalue weighted by Crippen LogP contribution is 2.24. The van der Waals surface area contributed by atoms with Gasteiger partial charge in [-0.15, -0.1) is 0 Å². The number of hydrogen-bond donors (Lipinski definition) is 1. The SMILES string of the molecule is Oc1ccc(C#Cc2cc3cccccc-3c2)cc1. The van der Waals surface area contributed by atoms with Gasteiger partial charge in [0, 0.05) is 11.1 Å². The third kappa shape index (κ3) is 2.59. The van der Waals surface area contributed by atoms with Gasteiger partial charge in [-0.1, -0.05) is 42.2 Å². The second-order valence-corrected chi connectivity index (χ2v) is 4.36. The lowest BCUT2D eigenvalue weighted by Crippen LogP contribution is -1.72. The molecule has 1 nitrogen and oxygen atoms in total. The fourth-order valence-electron chi connectivity index (χ4n) is 1.98. The van der Waals surface area contributed by atoms with Crippen molar-refractivity contribution in [1.82, 2.24) is 0 Å². The maximum Gasteiger partial charge on any atom is 0.115 e. The maximum absolute atomic E-state index is 9.21. The molecule has 0 heterocycles. The molecule has 1 N–H and O–H groups in total. The van der Waals surface area contributed by atoms with Crippen LogP contribution in [0.25, 0.3) is 11.1 Å². The first-order valence-corrected chi connectivity index (χ1v) is 6.11. The van der Waals surface area contributed by atoms with E-state index in [-0.39, 0.29) is 5.75 Å². The summed E-state index contributed by atoms with van der Waals surface area (Å²) in [6, 6.07) is 21.3. The first-order chi connectivity index (χ1) is 9.31. The Morgan fingerprint density at radius 2 is 1.21 bits per heavy atom. The van der Waals surface area contributed by atoms with Gasteiger partial charge in [0.2, 0.25) is 0 Å². The number of phenolic OH excluding ortho intramolecular Hbond substituents is 1. The van der Waals surface area contributed by atoms with Crippen molar-refractivity contribution >= 4 is 0 Å². The summed E-state index contributed by atoms with van der Waals surface area (Å²) in [5.41, 5.74) is 4.29. The minimum Gasteiger partial charge on any atom is -0.508 e. The van der Waals surface area contributed by atoms with Crippen LogP contribution in [-0.2, 0) is 0 Å². The Kier molecular flexibility index (Phi) is 2.92. The minimum atomic E-state index is 0.261. The molecule has 1 aromatic rings. The van der Waals surface area contributed by atoms with Crippen LogP contribution in [-0.4, -0.2) is 5.11 Å². The maximum atomic E-state index is 9.21. The lowest BCUT2D eigenvalue weighted by Gasteiger charge is -1.90. The standard InChI is InChI=1S/C18H12O/c19-18-10-8-14(9-11-18)6-7-15-12-16-4-2-1-3-5-17(16)13-15/h1-5,8-13,19H. The molecule has 1 aromatic carbocycles. The summed E-state index contributed by atoms with van der Waals surface area (Å²) in [5, 5.41) is 9.21. The lowest BCUT2D eigenvalue weighted by molar-refractivity contribution is 0.475. The molecular formula is C18H12O. The van der Waals surface area contributed by atoms with Crippen LogP contribution in [0.3, 0.4) is 0 Å². The summed E-state index contributed by atoms with van der Waals surface area (Å²) in [6.07, 6.45) is 0. The molecule has 0 unspecified atom stereocenters. The third-order valence-corrected chi connectivity index (χ3v) is 2.95. The van der Waals surface area contributed by atoms with Crippen molar-refractivity contribution in [3.05, 3.63) is 77.9 Å². The normalized spacial score (nSPS) is 9.89. The van der Waals surface area contributed by atoms with E-state index < -0.39 is 0 Å². The van der Waals surface area contributed by atoms with E-state index in [1.54, 1.807) is 12.1 Å². The number of hydrogen-bond acceptors (Lipinski definition) is 1. The number of fused-ring (bicyclic) bond motifs is 1. The fourth-order valence-corrected chi connectivity index (χ4v) is 1.98.